The molecule has 0 heterocycles. The Kier molecular flexibility index (Phi) is 5.35. The molecule has 4 nitrogen and oxygen atoms in total. The molecule has 0 aliphatic rings. The number of hydrogen-bond acceptors (Lipinski definition) is 3. The van der Waals surface area contributed by atoms with Gasteiger partial charge < -0.3 is 15.8 Å². The van der Waals surface area contributed by atoms with E-state index in [4.69, 9.17) is 10.5 Å². The molecule has 0 saturated heterocycles. The number of nitrogens with one attached hydrogen (secondary N) is 1. The van der Waals surface area contributed by atoms with Gasteiger partial charge in [-0.15, -0.1) is 0 Å². The molecule has 0 bridgehead atoms. The first-order chi connectivity index (χ1) is 10.2. The minimum Gasteiger partial charge on any atom is -0.492 e. The summed E-state index contributed by atoms with van der Waals surface area (Å²) >= 11 is 0. The minimum absolute atomic E-state index is 0.200. The maximum atomic E-state index is 11.9. The van der Waals surface area contributed by atoms with Crippen molar-refractivity contribution in [3.63, 3.8) is 0 Å². The first-order valence-corrected chi connectivity index (χ1v) is 6.94. The largest absolute Gasteiger partial charge is 0.492 e. The summed E-state index contributed by atoms with van der Waals surface area (Å²) in [6.45, 7) is 2.84. The molecule has 0 saturated carbocycles. The van der Waals surface area contributed by atoms with E-state index < -0.39 is 6.04 Å². The Labute approximate surface area is 124 Å². The number of ether oxygens (including phenoxy) is 1. The van der Waals surface area contributed by atoms with Crippen molar-refractivity contribution in [3.05, 3.63) is 65.7 Å². The van der Waals surface area contributed by atoms with Crippen LogP contribution in [0.1, 0.15) is 17.2 Å². The van der Waals surface area contributed by atoms with Gasteiger partial charge in [-0.05, 0) is 30.2 Å². The summed E-state index contributed by atoms with van der Waals surface area (Å²) in [5, 5.41) is 2.78. The number of rotatable bonds is 6. The van der Waals surface area contributed by atoms with Crippen molar-refractivity contribution in [2.75, 3.05) is 13.2 Å². The lowest BCUT2D eigenvalue weighted by Crippen LogP contribution is -2.36. The van der Waals surface area contributed by atoms with Crippen LogP contribution in [0.5, 0.6) is 5.75 Å². The Morgan fingerprint density at radius 1 is 1.19 bits per heavy atom. The van der Waals surface area contributed by atoms with Crippen LogP contribution in [0.3, 0.4) is 0 Å². The van der Waals surface area contributed by atoms with Crippen LogP contribution in [0.2, 0.25) is 0 Å². The van der Waals surface area contributed by atoms with Gasteiger partial charge in [0.15, 0.2) is 0 Å². The average molecular weight is 284 g/mol. The molecule has 0 fully saturated rings. The van der Waals surface area contributed by atoms with E-state index in [0.717, 1.165) is 16.9 Å². The molecule has 0 aliphatic heterocycles. The van der Waals surface area contributed by atoms with Crippen LogP contribution in [0.15, 0.2) is 54.6 Å². The maximum Gasteiger partial charge on any atom is 0.241 e. The average Bonchev–Trinajstić information content (AvgIpc) is 2.51. The zero-order valence-electron chi connectivity index (χ0n) is 12.1. The molecule has 0 aliphatic carbocycles. The number of hydrogen-bond donors (Lipinski definition) is 2. The lowest BCUT2D eigenvalue weighted by atomic mass is 10.1. The molecule has 2 aromatic carbocycles. The summed E-state index contributed by atoms with van der Waals surface area (Å²) in [5.41, 5.74) is 7.84. The molecular formula is C17H20N2O2. The molecule has 0 spiro atoms. The summed E-state index contributed by atoms with van der Waals surface area (Å²) in [6.07, 6.45) is 0. The first kappa shape index (κ1) is 15.1. The second kappa shape index (κ2) is 7.45. The van der Waals surface area contributed by atoms with E-state index in [2.05, 4.69) is 5.32 Å². The van der Waals surface area contributed by atoms with Gasteiger partial charge in [-0.25, -0.2) is 0 Å². The number of benzene rings is 2. The molecule has 0 radical (unpaired) electrons. The van der Waals surface area contributed by atoms with Crippen LogP contribution in [-0.2, 0) is 4.79 Å². The molecule has 2 rings (SSSR count). The molecule has 3 N–H and O–H groups in total. The number of aryl methyl sites for hydroxylation is 1. The number of amides is 1. The second-order valence-corrected chi connectivity index (χ2v) is 4.84. The molecule has 0 unspecified atom stereocenters. The molecular weight excluding hydrogens is 264 g/mol. The normalized spacial score (nSPS) is 11.7. The summed E-state index contributed by atoms with van der Waals surface area (Å²) in [6, 6.07) is 16.5. The van der Waals surface area contributed by atoms with Crippen molar-refractivity contribution in [2.45, 2.75) is 13.0 Å². The molecule has 4 heteroatoms. The quantitative estimate of drug-likeness (QED) is 0.799. The van der Waals surface area contributed by atoms with Gasteiger partial charge in [0, 0.05) is 0 Å². The molecule has 2 aromatic rings. The molecule has 1 atom stereocenters. The second-order valence-electron chi connectivity index (χ2n) is 4.84. The highest BCUT2D eigenvalue weighted by molar-refractivity contribution is 5.82. The van der Waals surface area contributed by atoms with E-state index in [-0.39, 0.29) is 5.91 Å². The van der Waals surface area contributed by atoms with E-state index in [0.29, 0.717) is 13.2 Å². The zero-order valence-corrected chi connectivity index (χ0v) is 12.1. The topological polar surface area (TPSA) is 64.3 Å². The third-order valence-electron chi connectivity index (χ3n) is 3.10. The van der Waals surface area contributed by atoms with E-state index >= 15 is 0 Å². The van der Waals surface area contributed by atoms with Gasteiger partial charge in [-0.1, -0.05) is 42.5 Å². The smallest absolute Gasteiger partial charge is 0.241 e. The standard InChI is InChI=1S/C17H20N2O2/c1-13-6-5-9-15(12-13)21-11-10-19-17(20)16(18)14-7-3-2-4-8-14/h2-9,12,16H,10-11,18H2,1H3,(H,19,20)/t16-/m1/s1. The van der Waals surface area contributed by atoms with Crippen LogP contribution in [0.25, 0.3) is 0 Å². The molecule has 110 valence electrons. The Morgan fingerprint density at radius 3 is 2.67 bits per heavy atom. The van der Waals surface area contributed by atoms with E-state index in [1.54, 1.807) is 0 Å². The fraction of sp³-hybridized carbons (Fsp3) is 0.235. The Bertz CT molecular complexity index is 584. The van der Waals surface area contributed by atoms with Crippen LogP contribution in [0.4, 0.5) is 0 Å². The lowest BCUT2D eigenvalue weighted by molar-refractivity contribution is -0.122. The minimum atomic E-state index is -0.648. The first-order valence-electron chi connectivity index (χ1n) is 6.94. The fourth-order valence-electron chi connectivity index (χ4n) is 1.97. The summed E-state index contributed by atoms with van der Waals surface area (Å²) in [4.78, 5) is 11.9. The van der Waals surface area contributed by atoms with E-state index in [1.165, 1.54) is 0 Å². The molecule has 21 heavy (non-hydrogen) atoms. The van der Waals surface area contributed by atoms with Crippen molar-refractivity contribution in [1.82, 2.24) is 5.32 Å². The van der Waals surface area contributed by atoms with Gasteiger partial charge in [-0.3, -0.25) is 4.79 Å². The molecule has 1 amide bonds. The predicted octanol–water partition coefficient (Wildman–Crippen LogP) is 2.19. The van der Waals surface area contributed by atoms with Crippen LogP contribution in [-0.4, -0.2) is 19.1 Å². The fourth-order valence-corrected chi connectivity index (χ4v) is 1.97. The molecule has 0 aromatic heterocycles. The predicted molar refractivity (Wildman–Crippen MR) is 83.1 cm³/mol. The summed E-state index contributed by atoms with van der Waals surface area (Å²) < 4.78 is 5.57. The highest BCUT2D eigenvalue weighted by Gasteiger charge is 2.14. The number of nitrogens with two attached hydrogens (primary N) is 1. The van der Waals surface area contributed by atoms with Crippen molar-refractivity contribution in [1.29, 1.82) is 0 Å². The van der Waals surface area contributed by atoms with Crippen LogP contribution < -0.4 is 15.8 Å². The van der Waals surface area contributed by atoms with Crippen LogP contribution in [0, 0.1) is 6.92 Å². The zero-order chi connectivity index (χ0) is 15.1. The van der Waals surface area contributed by atoms with Gasteiger partial charge in [-0.2, -0.15) is 0 Å². The SMILES string of the molecule is Cc1cccc(OCCNC(=O)[C@H](N)c2ccccc2)c1. The van der Waals surface area contributed by atoms with Crippen molar-refractivity contribution < 1.29 is 9.53 Å². The van der Waals surface area contributed by atoms with Crippen LogP contribution >= 0.6 is 0 Å². The van der Waals surface area contributed by atoms with Gasteiger partial charge in [0.05, 0.1) is 6.54 Å². The van der Waals surface area contributed by atoms with Crippen molar-refractivity contribution in [2.24, 2.45) is 5.73 Å². The monoisotopic (exact) mass is 284 g/mol. The Balaban J connectivity index is 1.74. The third kappa shape index (κ3) is 4.61. The maximum absolute atomic E-state index is 11.9. The highest BCUT2D eigenvalue weighted by atomic mass is 16.5. The van der Waals surface area contributed by atoms with E-state index in [1.807, 2.05) is 61.5 Å². The Morgan fingerprint density at radius 2 is 1.95 bits per heavy atom. The highest BCUT2D eigenvalue weighted by Crippen LogP contribution is 2.12. The van der Waals surface area contributed by atoms with Gasteiger partial charge >= 0.3 is 0 Å². The third-order valence-corrected chi connectivity index (χ3v) is 3.10. The number of carbonyl (C=O) groups is 1. The summed E-state index contributed by atoms with van der Waals surface area (Å²) in [5.74, 6) is 0.602. The van der Waals surface area contributed by atoms with Gasteiger partial charge in [0.25, 0.3) is 0 Å². The van der Waals surface area contributed by atoms with E-state index in [9.17, 15) is 4.79 Å². The lowest BCUT2D eigenvalue weighted by Gasteiger charge is -2.13. The Hall–Kier alpha value is -2.33. The van der Waals surface area contributed by atoms with Gasteiger partial charge in [0.1, 0.15) is 18.4 Å². The van der Waals surface area contributed by atoms with Crippen molar-refractivity contribution >= 4 is 5.91 Å². The van der Waals surface area contributed by atoms with Crippen molar-refractivity contribution in [3.8, 4) is 5.75 Å². The number of carbonyl (C=O) groups excluding carboxylic acids is 1. The summed E-state index contributed by atoms with van der Waals surface area (Å²) in [7, 11) is 0. The van der Waals surface area contributed by atoms with Gasteiger partial charge in [0.2, 0.25) is 5.91 Å².